The summed E-state index contributed by atoms with van der Waals surface area (Å²) in [7, 11) is 1.38. The first-order chi connectivity index (χ1) is 13.0. The summed E-state index contributed by atoms with van der Waals surface area (Å²) in [4.78, 5) is 25.9. The van der Waals surface area contributed by atoms with Gasteiger partial charge in [0.05, 0.1) is 12.7 Å². The molecule has 0 aliphatic heterocycles. The van der Waals surface area contributed by atoms with Crippen LogP contribution in [0.3, 0.4) is 0 Å². The van der Waals surface area contributed by atoms with Gasteiger partial charge in [0.1, 0.15) is 5.00 Å². The number of thiophene rings is 1. The topological polar surface area (TPSA) is 55.4 Å². The highest BCUT2D eigenvalue weighted by atomic mass is 32.1. The van der Waals surface area contributed by atoms with Gasteiger partial charge in [-0.3, -0.25) is 4.79 Å². The zero-order chi connectivity index (χ0) is 19.4. The van der Waals surface area contributed by atoms with Gasteiger partial charge in [0.2, 0.25) is 5.91 Å². The zero-order valence-electron chi connectivity index (χ0n) is 16.0. The summed E-state index contributed by atoms with van der Waals surface area (Å²) in [6.07, 6.45) is 7.31. The van der Waals surface area contributed by atoms with Crippen LogP contribution in [0.15, 0.2) is 30.3 Å². The second-order valence-electron chi connectivity index (χ2n) is 6.95. The molecule has 0 spiro atoms. The number of aryl methyl sites for hydroxylation is 1. The molecule has 0 radical (unpaired) electrons. The molecule has 0 saturated heterocycles. The Bertz CT molecular complexity index is 864. The Hall–Kier alpha value is -2.40. The van der Waals surface area contributed by atoms with Gasteiger partial charge < -0.3 is 10.1 Å². The molecule has 142 valence electrons. The fourth-order valence-corrected chi connectivity index (χ4v) is 4.76. The van der Waals surface area contributed by atoms with Crippen LogP contribution in [0.4, 0.5) is 5.00 Å². The number of anilines is 1. The Morgan fingerprint density at radius 1 is 1.30 bits per heavy atom. The highest BCUT2D eigenvalue weighted by Crippen LogP contribution is 2.40. The van der Waals surface area contributed by atoms with Crippen LogP contribution < -0.4 is 5.32 Å². The van der Waals surface area contributed by atoms with Crippen molar-refractivity contribution < 1.29 is 14.3 Å². The molecule has 1 aromatic carbocycles. The van der Waals surface area contributed by atoms with E-state index < -0.39 is 0 Å². The summed E-state index contributed by atoms with van der Waals surface area (Å²) in [5.74, 6) is 0.0262. The largest absolute Gasteiger partial charge is 0.465 e. The lowest BCUT2D eigenvalue weighted by molar-refractivity contribution is -0.111. The van der Waals surface area contributed by atoms with Crippen LogP contribution in [0.25, 0.3) is 6.08 Å². The molecular weight excluding hydrogens is 358 g/mol. The van der Waals surface area contributed by atoms with Gasteiger partial charge in [-0.15, -0.1) is 11.3 Å². The van der Waals surface area contributed by atoms with E-state index in [1.807, 2.05) is 31.2 Å². The van der Waals surface area contributed by atoms with Gasteiger partial charge in [0.15, 0.2) is 0 Å². The minimum atomic E-state index is -0.375. The first kappa shape index (κ1) is 19.4. The van der Waals surface area contributed by atoms with E-state index >= 15 is 0 Å². The molecule has 0 fully saturated rings. The number of esters is 1. The summed E-state index contributed by atoms with van der Waals surface area (Å²) in [6.45, 7) is 4.22. The highest BCUT2D eigenvalue weighted by Gasteiger charge is 2.29. The number of benzene rings is 1. The molecular formula is C22H25NO3S. The maximum absolute atomic E-state index is 12.4. The van der Waals surface area contributed by atoms with E-state index in [1.165, 1.54) is 35.0 Å². The molecule has 1 aromatic heterocycles. The average molecular weight is 384 g/mol. The lowest BCUT2D eigenvalue weighted by Gasteiger charge is -2.20. The number of hydrogen-bond acceptors (Lipinski definition) is 4. The van der Waals surface area contributed by atoms with Crippen LogP contribution in [-0.4, -0.2) is 19.0 Å². The van der Waals surface area contributed by atoms with Crippen molar-refractivity contribution in [3.05, 3.63) is 57.5 Å². The van der Waals surface area contributed by atoms with E-state index in [-0.39, 0.29) is 11.9 Å². The predicted molar refractivity (Wildman–Crippen MR) is 110 cm³/mol. The third kappa shape index (κ3) is 4.48. The van der Waals surface area contributed by atoms with E-state index in [9.17, 15) is 9.59 Å². The Kier molecular flexibility index (Phi) is 6.11. The van der Waals surface area contributed by atoms with Gasteiger partial charge in [0, 0.05) is 11.0 Å². The normalized spacial score (nSPS) is 16.2. The van der Waals surface area contributed by atoms with Crippen molar-refractivity contribution in [1.82, 2.24) is 0 Å². The predicted octanol–water partition coefficient (Wildman–Crippen LogP) is 5.01. The summed E-state index contributed by atoms with van der Waals surface area (Å²) < 4.78 is 4.97. The Morgan fingerprint density at radius 2 is 2.04 bits per heavy atom. The van der Waals surface area contributed by atoms with Crippen molar-refractivity contribution in [3.63, 3.8) is 0 Å². The number of ether oxygens (including phenoxy) is 1. The number of fused-ring (bicyclic) bond motifs is 1. The third-order valence-electron chi connectivity index (χ3n) is 5.08. The maximum atomic E-state index is 12.4. The molecule has 2 aromatic rings. The van der Waals surface area contributed by atoms with E-state index in [4.69, 9.17) is 4.74 Å². The Balaban J connectivity index is 1.81. The number of methoxy groups -OCH3 is 1. The molecule has 5 heteroatoms. The van der Waals surface area contributed by atoms with Gasteiger partial charge in [-0.1, -0.05) is 43.2 Å². The summed E-state index contributed by atoms with van der Waals surface area (Å²) in [5, 5.41) is 3.49. The molecule has 1 N–H and O–H groups in total. The van der Waals surface area contributed by atoms with Crippen LogP contribution in [-0.2, 0) is 22.4 Å². The standard InChI is InChI=1S/C22H25NO3S/c1-4-15-9-11-17-18(13-15)27-21(20(17)22(25)26-3)23-19(24)12-10-16-7-5-14(2)6-8-16/h5-8,10,12,15H,4,9,11,13H2,1-3H3,(H,23,24)/b12-10+/t15-/m0/s1. The summed E-state index contributed by atoms with van der Waals surface area (Å²) in [5.41, 5.74) is 3.72. The van der Waals surface area contributed by atoms with Crippen LogP contribution in [0.1, 0.15) is 51.7 Å². The summed E-state index contributed by atoms with van der Waals surface area (Å²) >= 11 is 1.51. The van der Waals surface area contributed by atoms with Gasteiger partial charge >= 0.3 is 5.97 Å². The number of carbonyl (C=O) groups excluding carboxylic acids is 2. The first-order valence-corrected chi connectivity index (χ1v) is 10.1. The van der Waals surface area contributed by atoms with Gasteiger partial charge in [-0.05, 0) is 49.3 Å². The van der Waals surface area contributed by atoms with E-state index in [2.05, 4.69) is 12.2 Å². The third-order valence-corrected chi connectivity index (χ3v) is 6.25. The van der Waals surface area contributed by atoms with Crippen molar-refractivity contribution in [1.29, 1.82) is 0 Å². The van der Waals surface area contributed by atoms with Crippen molar-refractivity contribution in [2.24, 2.45) is 5.92 Å². The Labute approximate surface area is 164 Å². The molecule has 1 atom stereocenters. The number of nitrogens with one attached hydrogen (secondary N) is 1. The number of rotatable bonds is 5. The minimum absolute atomic E-state index is 0.244. The lowest BCUT2D eigenvalue weighted by atomic mass is 9.86. The monoisotopic (exact) mass is 383 g/mol. The number of carbonyl (C=O) groups is 2. The van der Waals surface area contributed by atoms with Gasteiger partial charge in [-0.2, -0.15) is 0 Å². The average Bonchev–Trinajstić information content (AvgIpc) is 3.03. The quantitative estimate of drug-likeness (QED) is 0.583. The Morgan fingerprint density at radius 3 is 2.70 bits per heavy atom. The molecule has 0 saturated carbocycles. The lowest BCUT2D eigenvalue weighted by Crippen LogP contribution is -2.15. The molecule has 0 unspecified atom stereocenters. The van der Waals surface area contributed by atoms with Crippen molar-refractivity contribution in [2.75, 3.05) is 12.4 Å². The zero-order valence-corrected chi connectivity index (χ0v) is 16.8. The molecule has 3 rings (SSSR count). The fraction of sp³-hybridized carbons (Fsp3) is 0.364. The molecule has 1 aliphatic rings. The molecule has 1 amide bonds. The first-order valence-electron chi connectivity index (χ1n) is 9.30. The fourth-order valence-electron chi connectivity index (χ4n) is 3.41. The SMILES string of the molecule is CC[C@H]1CCc2c(sc(NC(=O)/C=C/c3ccc(C)cc3)c2C(=O)OC)C1. The van der Waals surface area contributed by atoms with Crippen LogP contribution >= 0.6 is 11.3 Å². The van der Waals surface area contributed by atoms with E-state index in [0.717, 1.165) is 36.8 Å². The van der Waals surface area contributed by atoms with Crippen LogP contribution in [0, 0.1) is 12.8 Å². The molecule has 0 bridgehead atoms. The molecule has 1 aliphatic carbocycles. The van der Waals surface area contributed by atoms with E-state index in [0.29, 0.717) is 16.5 Å². The van der Waals surface area contributed by atoms with Gasteiger partial charge in [-0.25, -0.2) is 4.79 Å². The van der Waals surface area contributed by atoms with E-state index in [1.54, 1.807) is 6.08 Å². The van der Waals surface area contributed by atoms with Gasteiger partial charge in [0.25, 0.3) is 0 Å². The number of hydrogen-bond donors (Lipinski definition) is 1. The number of amides is 1. The van der Waals surface area contributed by atoms with Crippen molar-refractivity contribution in [3.8, 4) is 0 Å². The maximum Gasteiger partial charge on any atom is 0.341 e. The van der Waals surface area contributed by atoms with Crippen LogP contribution in [0.5, 0.6) is 0 Å². The molecule has 27 heavy (non-hydrogen) atoms. The smallest absolute Gasteiger partial charge is 0.341 e. The molecule has 1 heterocycles. The second-order valence-corrected chi connectivity index (χ2v) is 8.06. The molecule has 4 nitrogen and oxygen atoms in total. The van der Waals surface area contributed by atoms with Crippen LogP contribution in [0.2, 0.25) is 0 Å². The minimum Gasteiger partial charge on any atom is -0.465 e. The van der Waals surface area contributed by atoms with Crippen molar-refractivity contribution >= 4 is 34.3 Å². The second kappa shape index (κ2) is 8.53. The highest BCUT2D eigenvalue weighted by molar-refractivity contribution is 7.17. The van der Waals surface area contributed by atoms with Crippen molar-refractivity contribution in [2.45, 2.75) is 39.5 Å². The summed E-state index contributed by atoms with van der Waals surface area (Å²) in [6, 6.07) is 7.94.